The molecule has 0 saturated carbocycles. The zero-order valence-electron chi connectivity index (χ0n) is 9.99. The number of hydrogen-bond donors (Lipinski definition) is 2. The highest BCUT2D eigenvalue weighted by molar-refractivity contribution is 6.03. The van der Waals surface area contributed by atoms with Gasteiger partial charge in [0.15, 0.2) is 5.82 Å². The minimum Gasteiger partial charge on any atom is -0.372 e. The summed E-state index contributed by atoms with van der Waals surface area (Å²) in [5.41, 5.74) is 3.77. The summed E-state index contributed by atoms with van der Waals surface area (Å²) in [5, 5.41) is 9.50. The Morgan fingerprint density at radius 2 is 2.17 bits per heavy atom. The first-order chi connectivity index (χ1) is 8.72. The zero-order chi connectivity index (χ0) is 12.5. The number of amides is 1. The Morgan fingerprint density at radius 1 is 1.33 bits per heavy atom. The highest BCUT2D eigenvalue weighted by atomic mass is 16.5. The van der Waals surface area contributed by atoms with Crippen molar-refractivity contribution in [3.8, 4) is 0 Å². The smallest absolute Gasteiger partial charge is 0.256 e. The average molecular weight is 243 g/mol. The molecular formula is C13H13N3O2. The summed E-state index contributed by atoms with van der Waals surface area (Å²) >= 11 is 0. The Kier molecular flexibility index (Phi) is 2.60. The number of H-pyrrole nitrogens is 1. The molecule has 1 aliphatic rings. The highest BCUT2D eigenvalue weighted by Crippen LogP contribution is 2.21. The van der Waals surface area contributed by atoms with Gasteiger partial charge in [-0.05, 0) is 30.2 Å². The van der Waals surface area contributed by atoms with Crippen molar-refractivity contribution in [2.45, 2.75) is 20.1 Å². The first-order valence-corrected chi connectivity index (χ1v) is 5.75. The summed E-state index contributed by atoms with van der Waals surface area (Å²) in [7, 11) is 0. The van der Waals surface area contributed by atoms with Gasteiger partial charge in [0.1, 0.15) is 0 Å². The van der Waals surface area contributed by atoms with E-state index in [2.05, 4.69) is 15.5 Å². The van der Waals surface area contributed by atoms with E-state index >= 15 is 0 Å². The number of carbonyl (C=O) groups excluding carboxylic acids is 1. The summed E-state index contributed by atoms with van der Waals surface area (Å²) in [6, 6.07) is 7.40. The van der Waals surface area contributed by atoms with Crippen molar-refractivity contribution in [3.63, 3.8) is 0 Å². The molecular weight excluding hydrogens is 230 g/mol. The largest absolute Gasteiger partial charge is 0.372 e. The summed E-state index contributed by atoms with van der Waals surface area (Å²) in [5.74, 6) is 0.380. The van der Waals surface area contributed by atoms with Gasteiger partial charge in [-0.3, -0.25) is 9.89 Å². The van der Waals surface area contributed by atoms with Crippen LogP contribution in [0.15, 0.2) is 24.3 Å². The molecule has 0 aliphatic carbocycles. The minimum absolute atomic E-state index is 0.156. The molecule has 1 aromatic heterocycles. The Morgan fingerprint density at radius 3 is 2.94 bits per heavy atom. The van der Waals surface area contributed by atoms with Crippen molar-refractivity contribution in [1.82, 2.24) is 10.2 Å². The second kappa shape index (κ2) is 4.27. The maximum Gasteiger partial charge on any atom is 0.256 e. The van der Waals surface area contributed by atoms with Crippen LogP contribution in [0.2, 0.25) is 0 Å². The van der Waals surface area contributed by atoms with Crippen LogP contribution in [-0.4, -0.2) is 16.1 Å². The monoisotopic (exact) mass is 243 g/mol. The number of aromatic amines is 1. The Labute approximate surface area is 104 Å². The van der Waals surface area contributed by atoms with Crippen LogP contribution in [0.5, 0.6) is 0 Å². The molecule has 2 aromatic rings. The van der Waals surface area contributed by atoms with Gasteiger partial charge < -0.3 is 10.1 Å². The summed E-state index contributed by atoms with van der Waals surface area (Å²) in [6.45, 7) is 3.10. The zero-order valence-corrected chi connectivity index (χ0v) is 9.99. The second-order valence-electron chi connectivity index (χ2n) is 4.37. The summed E-state index contributed by atoms with van der Waals surface area (Å²) in [4.78, 5) is 12.0. The third kappa shape index (κ3) is 2.00. The first kappa shape index (κ1) is 11.0. The molecule has 3 rings (SSSR count). The van der Waals surface area contributed by atoms with Gasteiger partial charge in [-0.2, -0.15) is 5.10 Å². The molecule has 1 aliphatic heterocycles. The lowest BCUT2D eigenvalue weighted by molar-refractivity contribution is 0.102. The summed E-state index contributed by atoms with van der Waals surface area (Å²) in [6.07, 6.45) is 0. The molecule has 2 heterocycles. The number of fused-ring (bicyclic) bond motifs is 1. The number of carbonyl (C=O) groups is 1. The predicted molar refractivity (Wildman–Crippen MR) is 66.2 cm³/mol. The van der Waals surface area contributed by atoms with Crippen molar-refractivity contribution < 1.29 is 9.53 Å². The van der Waals surface area contributed by atoms with Gasteiger partial charge in [-0.1, -0.05) is 6.07 Å². The van der Waals surface area contributed by atoms with Crippen LogP contribution in [0.4, 0.5) is 5.82 Å². The van der Waals surface area contributed by atoms with Gasteiger partial charge in [0.05, 0.1) is 13.2 Å². The van der Waals surface area contributed by atoms with Crippen LogP contribution in [0, 0.1) is 6.92 Å². The van der Waals surface area contributed by atoms with Gasteiger partial charge in [-0.15, -0.1) is 0 Å². The van der Waals surface area contributed by atoms with Crippen LogP contribution >= 0.6 is 0 Å². The van der Waals surface area contributed by atoms with Crippen molar-refractivity contribution in [1.29, 1.82) is 0 Å². The fraction of sp³-hybridized carbons (Fsp3) is 0.231. The maximum absolute atomic E-state index is 12.0. The lowest BCUT2D eigenvalue weighted by atomic mass is 10.1. The van der Waals surface area contributed by atoms with Crippen LogP contribution in [0.1, 0.15) is 27.2 Å². The lowest BCUT2D eigenvalue weighted by Gasteiger charge is -2.03. The van der Waals surface area contributed by atoms with E-state index in [1.165, 1.54) is 0 Å². The molecule has 0 spiro atoms. The van der Waals surface area contributed by atoms with Crippen molar-refractivity contribution in [3.05, 3.63) is 46.6 Å². The molecule has 0 atom stereocenters. The van der Waals surface area contributed by atoms with E-state index in [0.29, 0.717) is 24.6 Å². The molecule has 0 radical (unpaired) electrons. The Bertz CT molecular complexity index is 604. The molecule has 0 fully saturated rings. The van der Waals surface area contributed by atoms with E-state index in [0.717, 1.165) is 16.8 Å². The number of anilines is 1. The van der Waals surface area contributed by atoms with E-state index in [1.807, 2.05) is 25.1 Å². The van der Waals surface area contributed by atoms with Gasteiger partial charge in [-0.25, -0.2) is 0 Å². The molecule has 1 amide bonds. The number of nitrogens with one attached hydrogen (secondary N) is 2. The average Bonchev–Trinajstić information content (AvgIpc) is 2.96. The number of rotatable bonds is 2. The van der Waals surface area contributed by atoms with Gasteiger partial charge in [0.2, 0.25) is 0 Å². The molecule has 0 unspecified atom stereocenters. The Hall–Kier alpha value is -2.14. The van der Waals surface area contributed by atoms with Crippen LogP contribution in [-0.2, 0) is 18.0 Å². The number of nitrogens with zero attached hydrogens (tertiary/aromatic N) is 1. The van der Waals surface area contributed by atoms with Gasteiger partial charge in [0.25, 0.3) is 5.91 Å². The summed E-state index contributed by atoms with van der Waals surface area (Å²) < 4.78 is 5.32. The van der Waals surface area contributed by atoms with E-state index in [4.69, 9.17) is 4.74 Å². The normalized spacial score (nSPS) is 13.4. The molecule has 1 aromatic carbocycles. The third-order valence-corrected chi connectivity index (χ3v) is 2.93. The van der Waals surface area contributed by atoms with E-state index in [1.54, 1.807) is 6.07 Å². The fourth-order valence-corrected chi connectivity index (χ4v) is 1.98. The fourth-order valence-electron chi connectivity index (χ4n) is 1.98. The SMILES string of the molecule is Cc1cc(NC(=O)c2ccc3c(c2)COC3)n[nH]1. The molecule has 0 bridgehead atoms. The van der Waals surface area contributed by atoms with Gasteiger partial charge in [0, 0.05) is 17.3 Å². The van der Waals surface area contributed by atoms with Gasteiger partial charge >= 0.3 is 0 Å². The van der Waals surface area contributed by atoms with E-state index < -0.39 is 0 Å². The molecule has 0 saturated heterocycles. The number of aryl methyl sites for hydroxylation is 1. The lowest BCUT2D eigenvalue weighted by Crippen LogP contribution is -2.12. The quantitative estimate of drug-likeness (QED) is 0.847. The topological polar surface area (TPSA) is 67.0 Å². The molecule has 18 heavy (non-hydrogen) atoms. The molecule has 92 valence electrons. The van der Waals surface area contributed by atoms with Crippen LogP contribution < -0.4 is 5.32 Å². The van der Waals surface area contributed by atoms with Crippen molar-refractivity contribution >= 4 is 11.7 Å². The second-order valence-corrected chi connectivity index (χ2v) is 4.37. The van der Waals surface area contributed by atoms with E-state index in [-0.39, 0.29) is 5.91 Å². The minimum atomic E-state index is -0.156. The van der Waals surface area contributed by atoms with Crippen LogP contribution in [0.25, 0.3) is 0 Å². The molecule has 5 heteroatoms. The number of aromatic nitrogens is 2. The number of ether oxygens (including phenoxy) is 1. The number of hydrogen-bond acceptors (Lipinski definition) is 3. The van der Waals surface area contributed by atoms with E-state index in [9.17, 15) is 4.79 Å². The highest BCUT2D eigenvalue weighted by Gasteiger charge is 2.14. The van der Waals surface area contributed by atoms with Crippen LogP contribution in [0.3, 0.4) is 0 Å². The van der Waals surface area contributed by atoms with Crippen molar-refractivity contribution in [2.75, 3.05) is 5.32 Å². The number of benzene rings is 1. The molecule has 5 nitrogen and oxygen atoms in total. The standard InChI is InChI=1S/C13H13N3O2/c1-8-4-12(16-15-8)14-13(17)9-2-3-10-6-18-7-11(10)5-9/h2-5H,6-7H2,1H3,(H2,14,15,16,17). The Balaban J connectivity index is 1.80. The first-order valence-electron chi connectivity index (χ1n) is 5.75. The third-order valence-electron chi connectivity index (χ3n) is 2.93. The van der Waals surface area contributed by atoms with Crippen molar-refractivity contribution in [2.24, 2.45) is 0 Å². The molecule has 2 N–H and O–H groups in total. The maximum atomic E-state index is 12.0. The predicted octanol–water partition coefficient (Wildman–Crippen LogP) is 2.00.